The Morgan fingerprint density at radius 3 is 1.62 bits per heavy atom. The van der Waals surface area contributed by atoms with Crippen molar-refractivity contribution in [2.75, 3.05) is 0 Å². The lowest BCUT2D eigenvalue weighted by molar-refractivity contribution is 1.18. The van der Waals surface area contributed by atoms with Crippen molar-refractivity contribution >= 4 is 43.6 Å². The Hall–Kier alpha value is -7.42. The summed E-state index contributed by atoms with van der Waals surface area (Å²) in [6.45, 7) is 0. The molecule has 11 rings (SSSR count). The fraction of sp³-hybridized carbons (Fsp3) is 0. The second kappa shape index (κ2) is 13.2. The standard InChI is InChI=1S/C54H36N2/c1-5-16-37(17-6-1)42-32-43(38-18-7-2-8-19-38)34-45(33-42)56-50-26-14-13-24-47(50)48-35-40(28-30-51(48)56)41-29-31-52-49(36-41)54-46(39-20-9-3-10-21-39)25-15-27-53(54)55(52)44-22-11-4-12-23-44/h1-36H/i13D,14D,24D,26D,28D,30D,35D. The van der Waals surface area contributed by atoms with Gasteiger partial charge in [0.2, 0.25) is 0 Å². The monoisotopic (exact) mass is 719 g/mol. The van der Waals surface area contributed by atoms with Gasteiger partial charge in [-0.1, -0.05) is 152 Å². The Balaban J connectivity index is 1.24. The molecule has 0 aliphatic carbocycles. The summed E-state index contributed by atoms with van der Waals surface area (Å²) in [6, 6.07) is 56.4. The first kappa shape index (κ1) is 25.6. The Labute approximate surface area is 335 Å². The molecule has 0 aliphatic rings. The maximum Gasteiger partial charge on any atom is 0.0645 e. The van der Waals surface area contributed by atoms with Crippen LogP contribution in [-0.2, 0) is 0 Å². The van der Waals surface area contributed by atoms with Crippen LogP contribution in [0.5, 0.6) is 0 Å². The first-order chi connectivity index (χ1) is 30.7. The molecule has 0 atom stereocenters. The molecule has 0 fully saturated rings. The van der Waals surface area contributed by atoms with E-state index in [1.807, 2.05) is 127 Å². The number of aromatic nitrogens is 2. The molecular formula is C54H36N2. The normalized spacial score (nSPS) is 13.3. The number of para-hydroxylation sites is 2. The van der Waals surface area contributed by atoms with Gasteiger partial charge in [0.15, 0.2) is 0 Å². The molecule has 2 heteroatoms. The van der Waals surface area contributed by atoms with Gasteiger partial charge >= 0.3 is 0 Å². The summed E-state index contributed by atoms with van der Waals surface area (Å²) in [5.41, 5.74) is 10.2. The van der Waals surface area contributed by atoms with E-state index in [0.29, 0.717) is 11.3 Å². The van der Waals surface area contributed by atoms with Gasteiger partial charge in [-0.2, -0.15) is 0 Å². The number of hydrogen-bond donors (Lipinski definition) is 0. The average Bonchev–Trinajstić information content (AvgIpc) is 3.87. The minimum atomic E-state index is -0.430. The molecule has 0 saturated carbocycles. The van der Waals surface area contributed by atoms with Crippen LogP contribution < -0.4 is 0 Å². The summed E-state index contributed by atoms with van der Waals surface area (Å²) in [5.74, 6) is 0. The third-order valence-corrected chi connectivity index (χ3v) is 10.7. The molecule has 2 nitrogen and oxygen atoms in total. The maximum atomic E-state index is 10.0. The van der Waals surface area contributed by atoms with Gasteiger partial charge in [0.1, 0.15) is 0 Å². The van der Waals surface area contributed by atoms with Crippen molar-refractivity contribution in [2.24, 2.45) is 0 Å². The molecule has 0 bridgehead atoms. The second-order valence-electron chi connectivity index (χ2n) is 14.0. The predicted molar refractivity (Wildman–Crippen MR) is 237 cm³/mol. The van der Waals surface area contributed by atoms with Gasteiger partial charge in [-0.25, -0.2) is 0 Å². The third kappa shape index (κ3) is 5.26. The molecule has 0 aliphatic heterocycles. The van der Waals surface area contributed by atoms with Crippen molar-refractivity contribution in [3.05, 3.63) is 218 Å². The van der Waals surface area contributed by atoms with E-state index in [-0.39, 0.29) is 57.6 Å². The van der Waals surface area contributed by atoms with E-state index in [1.165, 1.54) is 0 Å². The van der Waals surface area contributed by atoms with Gasteiger partial charge in [-0.3, -0.25) is 0 Å². The number of fused-ring (bicyclic) bond motifs is 6. The summed E-state index contributed by atoms with van der Waals surface area (Å²) in [4.78, 5) is 0. The molecule has 262 valence electrons. The lowest BCUT2D eigenvalue weighted by atomic mass is 9.97. The van der Waals surface area contributed by atoms with E-state index < -0.39 is 12.1 Å². The van der Waals surface area contributed by atoms with Crippen LogP contribution in [0.2, 0.25) is 0 Å². The Kier molecular flexibility index (Phi) is 6.01. The van der Waals surface area contributed by atoms with Crippen molar-refractivity contribution in [2.45, 2.75) is 0 Å². The van der Waals surface area contributed by atoms with Crippen LogP contribution in [0.1, 0.15) is 9.60 Å². The Morgan fingerprint density at radius 2 is 0.929 bits per heavy atom. The zero-order valence-electron chi connectivity index (χ0n) is 37.1. The topological polar surface area (TPSA) is 9.86 Å². The molecule has 0 spiro atoms. The molecule has 0 saturated heterocycles. The minimum Gasteiger partial charge on any atom is -0.309 e. The summed E-state index contributed by atoms with van der Waals surface area (Å²) < 4.78 is 69.8. The van der Waals surface area contributed by atoms with E-state index >= 15 is 0 Å². The van der Waals surface area contributed by atoms with Crippen molar-refractivity contribution in [3.8, 4) is 55.9 Å². The summed E-state index contributed by atoms with van der Waals surface area (Å²) in [6.07, 6.45) is 0. The molecule has 9 aromatic carbocycles. The van der Waals surface area contributed by atoms with Crippen LogP contribution in [0.4, 0.5) is 0 Å². The molecule has 11 aromatic rings. The summed E-state index contributed by atoms with van der Waals surface area (Å²) in [5, 5.41) is 2.24. The Bertz CT molecular complexity index is 3560. The molecule has 56 heavy (non-hydrogen) atoms. The van der Waals surface area contributed by atoms with Gasteiger partial charge in [-0.05, 0) is 111 Å². The van der Waals surface area contributed by atoms with Crippen LogP contribution in [0.15, 0.2) is 218 Å². The fourth-order valence-corrected chi connectivity index (χ4v) is 8.19. The van der Waals surface area contributed by atoms with Crippen LogP contribution >= 0.6 is 0 Å². The second-order valence-corrected chi connectivity index (χ2v) is 14.0. The van der Waals surface area contributed by atoms with E-state index in [0.717, 1.165) is 60.9 Å². The van der Waals surface area contributed by atoms with Gasteiger partial charge in [-0.15, -0.1) is 0 Å². The first-order valence-corrected chi connectivity index (χ1v) is 18.7. The lowest BCUT2D eigenvalue weighted by Gasteiger charge is -2.14. The van der Waals surface area contributed by atoms with Crippen LogP contribution in [-0.4, -0.2) is 9.13 Å². The van der Waals surface area contributed by atoms with Crippen molar-refractivity contribution in [1.82, 2.24) is 9.13 Å². The molecule has 2 heterocycles. The highest BCUT2D eigenvalue weighted by molar-refractivity contribution is 6.17. The molecule has 2 aromatic heterocycles. The Morgan fingerprint density at radius 1 is 0.321 bits per heavy atom. The van der Waals surface area contributed by atoms with Crippen LogP contribution in [0.25, 0.3) is 99.5 Å². The zero-order chi connectivity index (χ0) is 43.1. The highest BCUT2D eigenvalue weighted by Gasteiger charge is 2.19. The highest BCUT2D eigenvalue weighted by atomic mass is 15.0. The van der Waals surface area contributed by atoms with E-state index in [9.17, 15) is 6.85 Å². The third-order valence-electron chi connectivity index (χ3n) is 10.7. The van der Waals surface area contributed by atoms with Gasteiger partial charge in [0, 0.05) is 32.9 Å². The molecular weight excluding hydrogens is 677 g/mol. The number of benzene rings is 9. The first-order valence-electron chi connectivity index (χ1n) is 22.2. The van der Waals surface area contributed by atoms with E-state index in [1.54, 1.807) is 4.57 Å². The SMILES string of the molecule is [2H]c1c([2H])c([2H])c2c(c1[2H])c1c([2H])c(-c3ccc4c(c3)c3c(-c5ccccc5)cccc3n4-c3ccccc3)c([2H])c([2H])c1n2-c1cc(-c2ccccc2)cc(-c2ccccc2)c1. The molecule has 0 N–H and O–H groups in total. The minimum absolute atomic E-state index is 0.0864. The van der Waals surface area contributed by atoms with Gasteiger partial charge in [0.05, 0.1) is 31.7 Å². The predicted octanol–water partition coefficient (Wildman–Crippen LogP) is 14.5. The quantitative estimate of drug-likeness (QED) is 0.162. The van der Waals surface area contributed by atoms with E-state index in [4.69, 9.17) is 2.74 Å². The maximum absolute atomic E-state index is 10.0. The average molecular weight is 720 g/mol. The van der Waals surface area contributed by atoms with Gasteiger partial charge < -0.3 is 9.13 Å². The largest absolute Gasteiger partial charge is 0.309 e. The van der Waals surface area contributed by atoms with Gasteiger partial charge in [0.25, 0.3) is 0 Å². The summed E-state index contributed by atoms with van der Waals surface area (Å²) in [7, 11) is 0. The van der Waals surface area contributed by atoms with Crippen molar-refractivity contribution < 1.29 is 9.60 Å². The number of rotatable bonds is 6. The summed E-state index contributed by atoms with van der Waals surface area (Å²) >= 11 is 0. The lowest BCUT2D eigenvalue weighted by Crippen LogP contribution is -1.96. The fourth-order valence-electron chi connectivity index (χ4n) is 8.19. The van der Waals surface area contributed by atoms with Crippen LogP contribution in [0.3, 0.4) is 0 Å². The van der Waals surface area contributed by atoms with E-state index in [2.05, 4.69) is 53.1 Å². The molecule has 0 unspecified atom stereocenters. The van der Waals surface area contributed by atoms with Crippen molar-refractivity contribution in [1.29, 1.82) is 0 Å². The number of hydrogen-bond acceptors (Lipinski definition) is 0. The molecule has 0 radical (unpaired) electrons. The molecule has 0 amide bonds. The highest BCUT2D eigenvalue weighted by Crippen LogP contribution is 2.42. The zero-order valence-corrected chi connectivity index (χ0v) is 30.1. The number of nitrogens with zero attached hydrogens (tertiary/aromatic N) is 2. The smallest absolute Gasteiger partial charge is 0.0645 e. The van der Waals surface area contributed by atoms with Crippen LogP contribution in [0, 0.1) is 0 Å². The van der Waals surface area contributed by atoms with Crippen molar-refractivity contribution in [3.63, 3.8) is 0 Å².